The summed E-state index contributed by atoms with van der Waals surface area (Å²) in [6.07, 6.45) is 3.42. The van der Waals surface area contributed by atoms with E-state index in [0.29, 0.717) is 25.9 Å². The molecular formula is C21H25BrN2O3S2. The number of piperidine rings is 1. The highest BCUT2D eigenvalue weighted by Crippen LogP contribution is 2.26. The average molecular weight is 497 g/mol. The number of nitrogens with zero attached hydrogens (tertiary/aromatic N) is 2. The van der Waals surface area contributed by atoms with Gasteiger partial charge in [-0.3, -0.25) is 4.79 Å². The van der Waals surface area contributed by atoms with Gasteiger partial charge in [0.25, 0.3) is 0 Å². The van der Waals surface area contributed by atoms with E-state index in [2.05, 4.69) is 15.9 Å². The van der Waals surface area contributed by atoms with Gasteiger partial charge < -0.3 is 4.90 Å². The molecule has 0 bridgehead atoms. The number of sulfonamides is 1. The lowest BCUT2D eigenvalue weighted by Gasteiger charge is -2.33. The molecule has 0 saturated carbocycles. The Bertz CT molecular complexity index is 947. The van der Waals surface area contributed by atoms with Crippen molar-refractivity contribution in [3.63, 3.8) is 0 Å². The zero-order valence-electron chi connectivity index (χ0n) is 16.5. The summed E-state index contributed by atoms with van der Waals surface area (Å²) in [7, 11) is -1.81. The van der Waals surface area contributed by atoms with E-state index in [1.54, 1.807) is 48.0 Å². The number of benzene rings is 2. The van der Waals surface area contributed by atoms with E-state index in [9.17, 15) is 13.2 Å². The molecule has 5 nitrogen and oxygen atoms in total. The molecule has 1 unspecified atom stereocenters. The predicted octanol–water partition coefficient (Wildman–Crippen LogP) is 4.23. The predicted molar refractivity (Wildman–Crippen MR) is 120 cm³/mol. The maximum absolute atomic E-state index is 13.0. The standard InChI is InChI=1S/C21H25BrN2O3S2/c1-23(14-16-5-9-19(28-2)10-6-16)21(25)17-4-3-13-24(15-17)29(26,27)20-11-7-18(22)8-12-20/h5-12,17H,3-4,13-15H2,1-2H3. The molecule has 0 aromatic heterocycles. The molecule has 0 radical (unpaired) electrons. The molecular weight excluding hydrogens is 472 g/mol. The molecule has 8 heteroatoms. The second-order valence-electron chi connectivity index (χ2n) is 7.20. The summed E-state index contributed by atoms with van der Waals surface area (Å²) in [6.45, 7) is 1.19. The highest BCUT2D eigenvalue weighted by Gasteiger charge is 2.34. The lowest BCUT2D eigenvalue weighted by atomic mass is 9.98. The molecule has 1 saturated heterocycles. The van der Waals surface area contributed by atoms with Crippen molar-refractivity contribution in [2.75, 3.05) is 26.4 Å². The van der Waals surface area contributed by atoms with E-state index in [1.807, 2.05) is 30.5 Å². The van der Waals surface area contributed by atoms with Crippen molar-refractivity contribution in [2.24, 2.45) is 5.92 Å². The number of rotatable bonds is 6. The van der Waals surface area contributed by atoms with E-state index >= 15 is 0 Å². The molecule has 156 valence electrons. The molecule has 3 rings (SSSR count). The average Bonchev–Trinajstić information content (AvgIpc) is 2.74. The van der Waals surface area contributed by atoms with Crippen LogP contribution in [0.5, 0.6) is 0 Å². The number of hydrogen-bond donors (Lipinski definition) is 0. The van der Waals surface area contributed by atoms with Crippen LogP contribution < -0.4 is 0 Å². The Kier molecular flexibility index (Phi) is 7.42. The Hall–Kier alpha value is -1.35. The van der Waals surface area contributed by atoms with Gasteiger partial charge in [-0.05, 0) is 61.1 Å². The summed E-state index contributed by atoms with van der Waals surface area (Å²) in [5, 5.41) is 0. The van der Waals surface area contributed by atoms with Crippen LogP contribution in [-0.2, 0) is 21.4 Å². The molecule has 29 heavy (non-hydrogen) atoms. The topological polar surface area (TPSA) is 57.7 Å². The van der Waals surface area contributed by atoms with E-state index in [0.717, 1.165) is 10.0 Å². The zero-order valence-corrected chi connectivity index (χ0v) is 19.8. The number of thioether (sulfide) groups is 1. The highest BCUT2D eigenvalue weighted by molar-refractivity contribution is 9.10. The quantitative estimate of drug-likeness (QED) is 0.561. The third-order valence-corrected chi connectivity index (χ3v) is 8.29. The molecule has 1 atom stereocenters. The lowest BCUT2D eigenvalue weighted by Crippen LogP contribution is -2.45. The van der Waals surface area contributed by atoms with Gasteiger partial charge in [0.15, 0.2) is 0 Å². The summed E-state index contributed by atoms with van der Waals surface area (Å²) < 4.78 is 28.2. The number of hydrogen-bond acceptors (Lipinski definition) is 4. The summed E-state index contributed by atoms with van der Waals surface area (Å²) in [4.78, 5) is 16.1. The van der Waals surface area contributed by atoms with Crippen molar-refractivity contribution in [1.82, 2.24) is 9.21 Å². The van der Waals surface area contributed by atoms with Gasteiger partial charge in [-0.25, -0.2) is 8.42 Å². The normalized spacial score (nSPS) is 17.8. The Morgan fingerprint density at radius 1 is 1.17 bits per heavy atom. The Morgan fingerprint density at radius 3 is 2.45 bits per heavy atom. The van der Waals surface area contributed by atoms with Crippen molar-refractivity contribution in [3.05, 3.63) is 58.6 Å². The van der Waals surface area contributed by atoms with Crippen LogP contribution in [-0.4, -0.2) is 49.9 Å². The molecule has 1 heterocycles. The number of halogens is 1. The van der Waals surface area contributed by atoms with Gasteiger partial charge in [-0.1, -0.05) is 28.1 Å². The summed E-state index contributed by atoms with van der Waals surface area (Å²) >= 11 is 5.01. The van der Waals surface area contributed by atoms with Crippen LogP contribution in [0.2, 0.25) is 0 Å². The monoisotopic (exact) mass is 496 g/mol. The minimum absolute atomic E-state index is 0.00495. The fourth-order valence-corrected chi connectivity index (χ4v) is 5.71. The van der Waals surface area contributed by atoms with Crippen LogP contribution >= 0.6 is 27.7 Å². The van der Waals surface area contributed by atoms with Crippen molar-refractivity contribution < 1.29 is 13.2 Å². The maximum atomic E-state index is 13.0. The summed E-state index contributed by atoms with van der Waals surface area (Å²) in [6, 6.07) is 14.8. The van der Waals surface area contributed by atoms with E-state index in [1.165, 1.54) is 9.20 Å². The minimum Gasteiger partial charge on any atom is -0.341 e. The highest BCUT2D eigenvalue weighted by atomic mass is 79.9. The Morgan fingerprint density at radius 2 is 1.83 bits per heavy atom. The number of carbonyl (C=O) groups is 1. The largest absolute Gasteiger partial charge is 0.341 e. The van der Waals surface area contributed by atoms with Gasteiger partial charge in [-0.15, -0.1) is 11.8 Å². The molecule has 1 amide bonds. The van der Waals surface area contributed by atoms with Gasteiger partial charge in [-0.2, -0.15) is 4.31 Å². The molecule has 1 aliphatic rings. The smallest absolute Gasteiger partial charge is 0.243 e. The number of carbonyl (C=O) groups excluding carboxylic acids is 1. The first-order valence-electron chi connectivity index (χ1n) is 9.45. The molecule has 1 fully saturated rings. The van der Waals surface area contributed by atoms with Gasteiger partial charge in [0.05, 0.1) is 10.8 Å². The number of amides is 1. The third-order valence-electron chi connectivity index (χ3n) is 5.14. The SMILES string of the molecule is CSc1ccc(CN(C)C(=O)C2CCCN(S(=O)(=O)c3ccc(Br)cc3)C2)cc1. The zero-order chi connectivity index (χ0) is 21.0. The van der Waals surface area contributed by atoms with Gasteiger partial charge >= 0.3 is 0 Å². The van der Waals surface area contributed by atoms with Crippen molar-refractivity contribution >= 4 is 43.6 Å². The van der Waals surface area contributed by atoms with Crippen LogP contribution in [0, 0.1) is 5.92 Å². The first kappa shape index (κ1) is 22.3. The lowest BCUT2D eigenvalue weighted by molar-refractivity contribution is -0.135. The molecule has 2 aromatic carbocycles. The van der Waals surface area contributed by atoms with Crippen LogP contribution in [0.15, 0.2) is 62.8 Å². The fraction of sp³-hybridized carbons (Fsp3) is 0.381. The van der Waals surface area contributed by atoms with Crippen LogP contribution in [0.4, 0.5) is 0 Å². The van der Waals surface area contributed by atoms with E-state index < -0.39 is 10.0 Å². The minimum atomic E-state index is -3.60. The molecule has 0 spiro atoms. The first-order valence-corrected chi connectivity index (χ1v) is 12.9. The summed E-state index contributed by atoms with van der Waals surface area (Å²) in [5.74, 6) is -0.320. The maximum Gasteiger partial charge on any atom is 0.243 e. The Balaban J connectivity index is 1.67. The molecule has 0 N–H and O–H groups in total. The summed E-state index contributed by atoms with van der Waals surface area (Å²) in [5.41, 5.74) is 1.06. The second-order valence-corrected chi connectivity index (χ2v) is 10.9. The van der Waals surface area contributed by atoms with E-state index in [-0.39, 0.29) is 23.3 Å². The molecule has 0 aliphatic carbocycles. The molecule has 2 aromatic rings. The van der Waals surface area contributed by atoms with Gasteiger partial charge in [0.2, 0.25) is 15.9 Å². The second kappa shape index (κ2) is 9.64. The van der Waals surface area contributed by atoms with Crippen LogP contribution in [0.25, 0.3) is 0 Å². The van der Waals surface area contributed by atoms with Gasteiger partial charge in [0, 0.05) is 36.1 Å². The first-order chi connectivity index (χ1) is 13.8. The van der Waals surface area contributed by atoms with Crippen LogP contribution in [0.1, 0.15) is 18.4 Å². The van der Waals surface area contributed by atoms with Crippen LogP contribution in [0.3, 0.4) is 0 Å². The van der Waals surface area contributed by atoms with Crippen molar-refractivity contribution in [1.29, 1.82) is 0 Å². The fourth-order valence-electron chi connectivity index (χ4n) is 3.51. The van der Waals surface area contributed by atoms with E-state index in [4.69, 9.17) is 0 Å². The third kappa shape index (κ3) is 5.42. The molecule has 1 aliphatic heterocycles. The Labute approximate surface area is 185 Å². The van der Waals surface area contributed by atoms with Crippen molar-refractivity contribution in [3.8, 4) is 0 Å². The van der Waals surface area contributed by atoms with Crippen molar-refractivity contribution in [2.45, 2.75) is 29.2 Å². The van der Waals surface area contributed by atoms with Gasteiger partial charge in [0.1, 0.15) is 0 Å².